The largest absolute Gasteiger partial charge is 0.388 e. The minimum atomic E-state index is -0.795. The normalized spacial score (nSPS) is 50.3. The number of ketones is 1. The number of hydrogen-bond acceptors (Lipinski definition) is 3. The number of allylic oxidation sites excluding steroid dienone is 1. The summed E-state index contributed by atoms with van der Waals surface area (Å²) < 4.78 is 0. The van der Waals surface area contributed by atoms with Gasteiger partial charge in [0.1, 0.15) is 0 Å². The molecule has 0 bridgehead atoms. The maximum atomic E-state index is 11.9. The van der Waals surface area contributed by atoms with E-state index in [-0.39, 0.29) is 17.3 Å². The Morgan fingerprint density at radius 1 is 1.17 bits per heavy atom. The van der Waals surface area contributed by atoms with E-state index >= 15 is 0 Å². The molecule has 4 aliphatic carbocycles. The summed E-state index contributed by atoms with van der Waals surface area (Å²) >= 11 is 0. The first-order valence-corrected chi connectivity index (χ1v) is 9.67. The van der Waals surface area contributed by atoms with Gasteiger partial charge in [-0.3, -0.25) is 4.79 Å². The predicted octanol–water partition coefficient (Wildman–Crippen LogP) is 4.16. The molecule has 0 amide bonds. The Hall–Kier alpha value is -1.14. The van der Waals surface area contributed by atoms with Crippen molar-refractivity contribution in [1.82, 2.24) is 0 Å². The molecule has 6 atom stereocenters. The average Bonchev–Trinajstić information content (AvgIpc) is 2.80. The fraction of sp³-hybridized carbons (Fsp3) is 0.810. The van der Waals surface area contributed by atoms with Crippen LogP contribution >= 0.6 is 0 Å². The number of carbonyl (C=O) groups is 1. The summed E-state index contributed by atoms with van der Waals surface area (Å²) in [4.78, 5) is 11.9. The van der Waals surface area contributed by atoms with Gasteiger partial charge in [-0.1, -0.05) is 19.4 Å². The van der Waals surface area contributed by atoms with Gasteiger partial charge in [0, 0.05) is 11.8 Å². The molecule has 0 aromatic rings. The zero-order chi connectivity index (χ0) is 17.2. The van der Waals surface area contributed by atoms with Crippen LogP contribution in [0.5, 0.6) is 0 Å². The van der Waals surface area contributed by atoms with E-state index in [0.717, 1.165) is 44.9 Å². The number of fused-ring (bicyclic) bond motifs is 5. The van der Waals surface area contributed by atoms with E-state index in [2.05, 4.69) is 19.9 Å². The van der Waals surface area contributed by atoms with Gasteiger partial charge in [0.25, 0.3) is 0 Å². The van der Waals surface area contributed by atoms with Crippen LogP contribution in [-0.2, 0) is 4.79 Å². The molecular formula is C21H29NO2. The second-order valence-electron chi connectivity index (χ2n) is 9.33. The number of aliphatic hydroxyl groups is 1. The monoisotopic (exact) mass is 327 g/mol. The minimum Gasteiger partial charge on any atom is -0.388 e. The van der Waals surface area contributed by atoms with Gasteiger partial charge < -0.3 is 5.11 Å². The van der Waals surface area contributed by atoms with E-state index < -0.39 is 5.60 Å². The van der Waals surface area contributed by atoms with E-state index in [1.165, 1.54) is 5.57 Å². The molecule has 4 aliphatic rings. The highest BCUT2D eigenvalue weighted by Gasteiger charge is 2.63. The molecule has 130 valence electrons. The number of hydrogen-bond donors (Lipinski definition) is 1. The van der Waals surface area contributed by atoms with Crippen molar-refractivity contribution in [2.24, 2.45) is 28.6 Å². The van der Waals surface area contributed by atoms with Crippen LogP contribution in [0.25, 0.3) is 0 Å². The topological polar surface area (TPSA) is 61.1 Å². The Bertz CT molecular complexity index is 647. The molecule has 0 saturated heterocycles. The summed E-state index contributed by atoms with van der Waals surface area (Å²) in [6.45, 7) is 4.64. The average molecular weight is 327 g/mol. The van der Waals surface area contributed by atoms with Crippen molar-refractivity contribution < 1.29 is 9.90 Å². The maximum Gasteiger partial charge on any atom is 0.155 e. The quantitative estimate of drug-likeness (QED) is 0.786. The minimum absolute atomic E-state index is 0.105. The molecule has 0 radical (unpaired) electrons. The van der Waals surface area contributed by atoms with Crippen LogP contribution in [0, 0.1) is 39.9 Å². The van der Waals surface area contributed by atoms with Gasteiger partial charge in [0.05, 0.1) is 18.1 Å². The van der Waals surface area contributed by atoms with Gasteiger partial charge >= 0.3 is 0 Å². The van der Waals surface area contributed by atoms with Crippen molar-refractivity contribution in [2.75, 3.05) is 0 Å². The second kappa shape index (κ2) is 5.18. The number of carbonyl (C=O) groups excluding carboxylic acids is 1. The summed E-state index contributed by atoms with van der Waals surface area (Å²) in [6.07, 6.45) is 10.1. The zero-order valence-electron chi connectivity index (χ0n) is 15.0. The fourth-order valence-corrected chi connectivity index (χ4v) is 7.09. The highest BCUT2D eigenvalue weighted by molar-refractivity contribution is 5.91. The third-order valence-electron chi connectivity index (χ3n) is 8.66. The molecule has 0 unspecified atom stereocenters. The second-order valence-corrected chi connectivity index (χ2v) is 9.33. The molecule has 24 heavy (non-hydrogen) atoms. The van der Waals surface area contributed by atoms with Crippen LogP contribution in [0.15, 0.2) is 11.6 Å². The lowest BCUT2D eigenvalue weighted by molar-refractivity contribution is -0.128. The molecule has 0 spiro atoms. The summed E-state index contributed by atoms with van der Waals surface area (Å²) in [5, 5.41) is 20.4. The van der Waals surface area contributed by atoms with Crippen LogP contribution < -0.4 is 0 Å². The van der Waals surface area contributed by atoms with Gasteiger partial charge in [-0.05, 0) is 74.2 Å². The lowest BCUT2D eigenvalue weighted by Crippen LogP contribution is -2.54. The summed E-state index contributed by atoms with van der Waals surface area (Å²) in [7, 11) is 0. The molecule has 3 heteroatoms. The van der Waals surface area contributed by atoms with Gasteiger partial charge in [0.2, 0.25) is 0 Å². The van der Waals surface area contributed by atoms with E-state index in [0.29, 0.717) is 30.0 Å². The highest BCUT2D eigenvalue weighted by atomic mass is 16.3. The summed E-state index contributed by atoms with van der Waals surface area (Å²) in [5.74, 6) is 2.14. The highest BCUT2D eigenvalue weighted by Crippen LogP contribution is 2.67. The maximum absolute atomic E-state index is 11.9. The van der Waals surface area contributed by atoms with Gasteiger partial charge in [-0.15, -0.1) is 0 Å². The van der Waals surface area contributed by atoms with E-state index in [9.17, 15) is 15.2 Å². The molecule has 3 fully saturated rings. The zero-order valence-corrected chi connectivity index (χ0v) is 15.0. The van der Waals surface area contributed by atoms with Crippen LogP contribution in [0.2, 0.25) is 0 Å². The van der Waals surface area contributed by atoms with E-state index in [1.54, 1.807) is 0 Å². The Morgan fingerprint density at radius 2 is 1.92 bits per heavy atom. The third kappa shape index (κ3) is 1.96. The van der Waals surface area contributed by atoms with Crippen LogP contribution in [-0.4, -0.2) is 16.5 Å². The van der Waals surface area contributed by atoms with Crippen LogP contribution in [0.3, 0.4) is 0 Å². The van der Waals surface area contributed by atoms with E-state index in [4.69, 9.17) is 0 Å². The van der Waals surface area contributed by atoms with Gasteiger partial charge in [0.15, 0.2) is 5.78 Å². The summed E-state index contributed by atoms with van der Waals surface area (Å²) in [6, 6.07) is 2.24. The summed E-state index contributed by atoms with van der Waals surface area (Å²) in [5.41, 5.74) is 0.686. The lowest BCUT2D eigenvalue weighted by Gasteiger charge is -2.59. The molecule has 3 nitrogen and oxygen atoms in total. The third-order valence-corrected chi connectivity index (χ3v) is 8.66. The van der Waals surface area contributed by atoms with Crippen LogP contribution in [0.1, 0.15) is 71.6 Å². The first-order chi connectivity index (χ1) is 11.3. The smallest absolute Gasteiger partial charge is 0.155 e. The molecule has 1 N–H and O–H groups in total. The molecule has 3 saturated carbocycles. The first kappa shape index (κ1) is 16.3. The molecule has 0 aromatic heterocycles. The van der Waals surface area contributed by atoms with Crippen molar-refractivity contribution in [1.29, 1.82) is 5.26 Å². The molecule has 0 aromatic carbocycles. The SMILES string of the molecule is C[C@]12CCC(=O)C=C1CC[C@@H]1[C@@H]2CC[C@@]2(C)[C@H]1CC[C@@]2(O)CC#N. The molecular weight excluding hydrogens is 298 g/mol. The number of nitriles is 1. The lowest BCUT2D eigenvalue weighted by atomic mass is 9.46. The number of rotatable bonds is 1. The van der Waals surface area contributed by atoms with Gasteiger partial charge in [-0.2, -0.15) is 5.26 Å². The molecule has 0 aliphatic heterocycles. The number of nitrogens with zero attached hydrogens (tertiary/aromatic N) is 1. The molecule has 0 heterocycles. The van der Waals surface area contributed by atoms with Crippen molar-refractivity contribution in [3.63, 3.8) is 0 Å². The van der Waals surface area contributed by atoms with Crippen molar-refractivity contribution in [3.05, 3.63) is 11.6 Å². The van der Waals surface area contributed by atoms with Crippen molar-refractivity contribution in [3.8, 4) is 6.07 Å². The van der Waals surface area contributed by atoms with Crippen molar-refractivity contribution in [2.45, 2.75) is 77.2 Å². The Morgan fingerprint density at radius 3 is 2.67 bits per heavy atom. The first-order valence-electron chi connectivity index (χ1n) is 9.67. The predicted molar refractivity (Wildman–Crippen MR) is 91.9 cm³/mol. The van der Waals surface area contributed by atoms with Crippen LogP contribution in [0.4, 0.5) is 0 Å². The van der Waals surface area contributed by atoms with Gasteiger partial charge in [-0.25, -0.2) is 0 Å². The Kier molecular flexibility index (Phi) is 3.52. The Labute approximate surface area is 145 Å². The standard InChI is InChI=1S/C21H29NO2/c1-19-8-5-15(23)13-14(19)3-4-16-17(19)6-9-20(2)18(16)7-10-21(20,24)11-12-22/h13,16-18,24H,3-11H2,1-2H3/t16-,17+,18+,19+,20+,21-/m1/s1. The van der Waals surface area contributed by atoms with Crippen molar-refractivity contribution >= 4 is 5.78 Å². The van der Waals surface area contributed by atoms with E-state index in [1.807, 2.05) is 6.08 Å². The fourth-order valence-electron chi connectivity index (χ4n) is 7.09. The Balaban J connectivity index is 1.67. The molecule has 4 rings (SSSR count).